The highest BCUT2D eigenvalue weighted by Crippen LogP contribution is 2.29. The van der Waals surface area contributed by atoms with Gasteiger partial charge in [0.1, 0.15) is 17.8 Å². The van der Waals surface area contributed by atoms with Gasteiger partial charge in [0.05, 0.1) is 19.0 Å². The molecule has 0 bridgehead atoms. The predicted molar refractivity (Wildman–Crippen MR) is 104 cm³/mol. The van der Waals surface area contributed by atoms with E-state index in [9.17, 15) is 4.79 Å². The van der Waals surface area contributed by atoms with E-state index < -0.39 is 0 Å². The van der Waals surface area contributed by atoms with Crippen LogP contribution in [0.4, 0.5) is 0 Å². The molecule has 0 saturated carbocycles. The summed E-state index contributed by atoms with van der Waals surface area (Å²) in [5.74, 6) is 2.18. The Hall–Kier alpha value is -3.42. The van der Waals surface area contributed by atoms with Crippen molar-refractivity contribution in [1.82, 2.24) is 19.9 Å². The van der Waals surface area contributed by atoms with Gasteiger partial charge < -0.3 is 18.8 Å². The number of benzene rings is 1. The fourth-order valence-electron chi connectivity index (χ4n) is 3.42. The van der Waals surface area contributed by atoms with Crippen LogP contribution in [0.15, 0.2) is 47.3 Å². The first-order valence-corrected chi connectivity index (χ1v) is 9.47. The van der Waals surface area contributed by atoms with Crippen molar-refractivity contribution in [2.75, 3.05) is 20.2 Å². The molecule has 150 valence electrons. The largest absolute Gasteiger partial charge is 0.497 e. The molecule has 3 aromatic rings. The van der Waals surface area contributed by atoms with Crippen molar-refractivity contribution >= 4 is 5.91 Å². The molecule has 0 N–H and O–H groups in total. The molecule has 0 spiro atoms. The highest BCUT2D eigenvalue weighted by molar-refractivity contribution is 5.92. The van der Waals surface area contributed by atoms with Crippen LogP contribution in [0.3, 0.4) is 0 Å². The van der Waals surface area contributed by atoms with Gasteiger partial charge in [0.2, 0.25) is 5.88 Å². The quantitative estimate of drug-likeness (QED) is 0.653. The number of oxazole rings is 1. The van der Waals surface area contributed by atoms with E-state index in [-0.39, 0.29) is 11.8 Å². The topological polar surface area (TPSA) is 90.6 Å². The van der Waals surface area contributed by atoms with Crippen LogP contribution >= 0.6 is 0 Å². The van der Waals surface area contributed by atoms with Gasteiger partial charge in [-0.1, -0.05) is 6.07 Å². The van der Waals surface area contributed by atoms with E-state index in [1.165, 1.54) is 6.26 Å². The number of aromatic nitrogens is 3. The van der Waals surface area contributed by atoms with Crippen molar-refractivity contribution in [3.05, 3.63) is 60.2 Å². The van der Waals surface area contributed by atoms with Crippen molar-refractivity contribution in [2.45, 2.75) is 25.7 Å². The molecule has 29 heavy (non-hydrogen) atoms. The minimum atomic E-state index is -0.122. The number of ether oxygens (including phenoxy) is 2. The Labute approximate surface area is 168 Å². The van der Waals surface area contributed by atoms with Crippen LogP contribution in [-0.2, 0) is 0 Å². The van der Waals surface area contributed by atoms with Crippen LogP contribution in [0.1, 0.15) is 40.8 Å². The third-order valence-electron chi connectivity index (χ3n) is 4.86. The van der Waals surface area contributed by atoms with E-state index in [2.05, 4.69) is 15.0 Å². The standard InChI is InChI=1S/C21H22N4O4/c1-14-23-19(13-28-14)21(26)25-8-4-5-15(12-25)18-10-22-11-20(24-18)29-17-7-3-6-16(9-17)27-2/h3,6-7,9-11,13,15H,4-5,8,12H2,1-2H3. The Balaban J connectivity index is 1.48. The molecule has 1 saturated heterocycles. The maximum absolute atomic E-state index is 12.7. The molecule has 8 nitrogen and oxygen atoms in total. The number of carbonyl (C=O) groups is 1. The lowest BCUT2D eigenvalue weighted by Gasteiger charge is -2.31. The van der Waals surface area contributed by atoms with Gasteiger partial charge in [-0.25, -0.2) is 9.97 Å². The van der Waals surface area contributed by atoms with Crippen molar-refractivity contribution in [3.63, 3.8) is 0 Å². The van der Waals surface area contributed by atoms with Gasteiger partial charge in [-0.2, -0.15) is 0 Å². The maximum Gasteiger partial charge on any atom is 0.275 e. The molecule has 2 aromatic heterocycles. The SMILES string of the molecule is COc1cccc(Oc2cncc(C3CCCN(C(=O)c4coc(C)n4)C3)n2)c1. The first-order valence-electron chi connectivity index (χ1n) is 9.47. The number of hydrogen-bond acceptors (Lipinski definition) is 7. The second-order valence-corrected chi connectivity index (χ2v) is 6.91. The van der Waals surface area contributed by atoms with Crippen LogP contribution in [0, 0.1) is 6.92 Å². The van der Waals surface area contributed by atoms with Crippen LogP contribution in [-0.4, -0.2) is 46.0 Å². The third kappa shape index (κ3) is 4.37. The summed E-state index contributed by atoms with van der Waals surface area (Å²) < 4.78 is 16.2. The van der Waals surface area contributed by atoms with Crippen molar-refractivity contribution < 1.29 is 18.7 Å². The summed E-state index contributed by atoms with van der Waals surface area (Å²) in [5.41, 5.74) is 1.14. The zero-order valence-corrected chi connectivity index (χ0v) is 16.4. The molecule has 1 atom stereocenters. The summed E-state index contributed by atoms with van der Waals surface area (Å²) in [4.78, 5) is 27.5. The zero-order valence-electron chi connectivity index (χ0n) is 16.4. The Bertz CT molecular complexity index is 1000. The van der Waals surface area contributed by atoms with Crippen LogP contribution in [0.25, 0.3) is 0 Å². The van der Waals surface area contributed by atoms with E-state index in [1.807, 2.05) is 18.2 Å². The van der Waals surface area contributed by atoms with Gasteiger partial charge >= 0.3 is 0 Å². The number of amides is 1. The summed E-state index contributed by atoms with van der Waals surface area (Å²) in [5, 5.41) is 0. The van der Waals surface area contributed by atoms with Crippen molar-refractivity contribution in [1.29, 1.82) is 0 Å². The van der Waals surface area contributed by atoms with Gasteiger partial charge in [0.15, 0.2) is 11.6 Å². The van der Waals surface area contributed by atoms with Gasteiger partial charge in [0.25, 0.3) is 5.91 Å². The molecular weight excluding hydrogens is 372 g/mol. The summed E-state index contributed by atoms with van der Waals surface area (Å²) in [6, 6.07) is 7.31. The minimum Gasteiger partial charge on any atom is -0.497 e. The third-order valence-corrected chi connectivity index (χ3v) is 4.86. The number of piperidine rings is 1. The molecule has 1 fully saturated rings. The smallest absolute Gasteiger partial charge is 0.275 e. The summed E-state index contributed by atoms with van der Waals surface area (Å²) in [7, 11) is 1.61. The summed E-state index contributed by atoms with van der Waals surface area (Å²) >= 11 is 0. The first-order chi connectivity index (χ1) is 14.1. The number of aryl methyl sites for hydroxylation is 1. The molecule has 1 aliphatic rings. The van der Waals surface area contributed by atoms with Crippen LogP contribution < -0.4 is 9.47 Å². The molecule has 1 aliphatic heterocycles. The fourth-order valence-corrected chi connectivity index (χ4v) is 3.42. The highest BCUT2D eigenvalue weighted by Gasteiger charge is 2.28. The van der Waals surface area contributed by atoms with E-state index >= 15 is 0 Å². The normalized spacial score (nSPS) is 16.5. The summed E-state index contributed by atoms with van der Waals surface area (Å²) in [6.07, 6.45) is 6.53. The Morgan fingerprint density at radius 1 is 1.24 bits per heavy atom. The van der Waals surface area contributed by atoms with E-state index in [0.29, 0.717) is 42.1 Å². The highest BCUT2D eigenvalue weighted by atomic mass is 16.5. The van der Waals surface area contributed by atoms with Gasteiger partial charge in [-0.3, -0.25) is 9.78 Å². The van der Waals surface area contributed by atoms with Gasteiger partial charge in [0, 0.05) is 38.2 Å². The van der Waals surface area contributed by atoms with Gasteiger partial charge in [-0.15, -0.1) is 0 Å². The zero-order chi connectivity index (χ0) is 20.2. The maximum atomic E-state index is 12.7. The predicted octanol–water partition coefficient (Wildman–Crippen LogP) is 3.59. The van der Waals surface area contributed by atoms with Crippen molar-refractivity contribution in [3.8, 4) is 17.4 Å². The average molecular weight is 394 g/mol. The summed E-state index contributed by atoms with van der Waals surface area (Å²) in [6.45, 7) is 2.97. The lowest BCUT2D eigenvalue weighted by Crippen LogP contribution is -2.39. The van der Waals surface area contributed by atoms with E-state index in [0.717, 1.165) is 18.5 Å². The molecule has 1 amide bonds. The molecule has 1 aromatic carbocycles. The number of hydrogen-bond donors (Lipinski definition) is 0. The van der Waals surface area contributed by atoms with Crippen LogP contribution in [0.2, 0.25) is 0 Å². The Morgan fingerprint density at radius 2 is 2.10 bits per heavy atom. The van der Waals surface area contributed by atoms with E-state index in [4.69, 9.17) is 13.9 Å². The Morgan fingerprint density at radius 3 is 2.90 bits per heavy atom. The first kappa shape index (κ1) is 18.9. The number of nitrogens with zero attached hydrogens (tertiary/aromatic N) is 4. The molecule has 3 heterocycles. The lowest BCUT2D eigenvalue weighted by molar-refractivity contribution is 0.0699. The molecule has 8 heteroatoms. The van der Waals surface area contributed by atoms with Crippen molar-refractivity contribution in [2.24, 2.45) is 0 Å². The number of methoxy groups -OCH3 is 1. The second kappa shape index (κ2) is 8.30. The number of rotatable bonds is 5. The number of carbonyl (C=O) groups excluding carboxylic acids is 1. The van der Waals surface area contributed by atoms with Gasteiger partial charge in [-0.05, 0) is 25.0 Å². The molecule has 1 unspecified atom stereocenters. The molecular formula is C21H22N4O4. The molecule has 4 rings (SSSR count). The lowest BCUT2D eigenvalue weighted by atomic mass is 9.95. The molecule has 0 radical (unpaired) electrons. The Kier molecular flexibility index (Phi) is 5.41. The van der Waals surface area contributed by atoms with E-state index in [1.54, 1.807) is 37.4 Å². The van der Waals surface area contributed by atoms with Crippen LogP contribution in [0.5, 0.6) is 17.4 Å². The molecule has 0 aliphatic carbocycles. The monoisotopic (exact) mass is 394 g/mol. The number of likely N-dealkylation sites (tertiary alicyclic amines) is 1. The minimum absolute atomic E-state index is 0.0852. The fraction of sp³-hybridized carbons (Fsp3) is 0.333. The average Bonchev–Trinajstić information content (AvgIpc) is 3.20. The second-order valence-electron chi connectivity index (χ2n) is 6.91.